The second-order valence-corrected chi connectivity index (χ2v) is 9.89. The lowest BCUT2D eigenvalue weighted by molar-refractivity contribution is 0.0999. The number of nitrogens with two attached hydrogens (primary N) is 1. The molecule has 9 heteroatoms. The molecule has 2 atom stereocenters. The van der Waals surface area contributed by atoms with Gasteiger partial charge in [-0.2, -0.15) is 0 Å². The number of halogens is 1. The molecule has 0 bridgehead atoms. The summed E-state index contributed by atoms with van der Waals surface area (Å²) >= 11 is 0. The van der Waals surface area contributed by atoms with E-state index in [9.17, 15) is 14.3 Å². The Kier molecular flexibility index (Phi) is 8.23. The van der Waals surface area contributed by atoms with Crippen LogP contribution < -0.4 is 20.5 Å². The van der Waals surface area contributed by atoms with Crippen LogP contribution in [0, 0.1) is 11.7 Å². The molecule has 8 nitrogen and oxygen atoms in total. The van der Waals surface area contributed by atoms with Crippen molar-refractivity contribution in [1.82, 2.24) is 15.3 Å². The molecule has 0 saturated heterocycles. The molecule has 2 aromatic heterocycles. The van der Waals surface area contributed by atoms with Gasteiger partial charge in [0.1, 0.15) is 30.0 Å². The highest BCUT2D eigenvalue weighted by atomic mass is 19.1. The summed E-state index contributed by atoms with van der Waals surface area (Å²) < 4.78 is 26.0. The van der Waals surface area contributed by atoms with Gasteiger partial charge in [-0.25, -0.2) is 9.37 Å². The first-order valence-electron chi connectivity index (χ1n) is 13.1. The molecule has 3 aromatic carbocycles. The quantitative estimate of drug-likeness (QED) is 0.177. The Bertz CT molecular complexity index is 1600. The summed E-state index contributed by atoms with van der Waals surface area (Å²) in [5, 5.41) is 15.4. The van der Waals surface area contributed by atoms with E-state index in [1.165, 1.54) is 12.3 Å². The number of primary amides is 1. The maximum absolute atomic E-state index is 14.4. The minimum Gasteiger partial charge on any atom is -0.490 e. The van der Waals surface area contributed by atoms with Crippen LogP contribution in [0.15, 0.2) is 79.0 Å². The minimum absolute atomic E-state index is 0.0865. The fraction of sp³-hybridized carbons (Fsp3) is 0.226. The predicted octanol–water partition coefficient (Wildman–Crippen LogP) is 4.95. The molecule has 0 spiro atoms. The van der Waals surface area contributed by atoms with Crippen LogP contribution in [-0.4, -0.2) is 46.8 Å². The van der Waals surface area contributed by atoms with Crippen molar-refractivity contribution in [3.8, 4) is 17.4 Å². The number of aliphatic hydroxyl groups is 1. The van der Waals surface area contributed by atoms with E-state index in [0.717, 1.165) is 22.9 Å². The highest BCUT2D eigenvalue weighted by Gasteiger charge is 2.15. The Morgan fingerprint density at radius 2 is 1.88 bits per heavy atom. The zero-order valence-electron chi connectivity index (χ0n) is 22.1. The van der Waals surface area contributed by atoms with E-state index in [2.05, 4.69) is 22.2 Å². The fourth-order valence-corrected chi connectivity index (χ4v) is 4.63. The van der Waals surface area contributed by atoms with E-state index >= 15 is 0 Å². The second kappa shape index (κ2) is 12.1. The van der Waals surface area contributed by atoms with Gasteiger partial charge in [0, 0.05) is 29.7 Å². The third-order valence-corrected chi connectivity index (χ3v) is 6.63. The molecule has 5 N–H and O–H groups in total. The number of hydrogen-bond donors (Lipinski definition) is 4. The summed E-state index contributed by atoms with van der Waals surface area (Å²) in [5.74, 6) is 1.00. The number of rotatable bonds is 12. The van der Waals surface area contributed by atoms with Gasteiger partial charge in [0.05, 0.1) is 16.5 Å². The van der Waals surface area contributed by atoms with Crippen LogP contribution in [0.4, 0.5) is 4.39 Å². The fourth-order valence-electron chi connectivity index (χ4n) is 4.63. The summed E-state index contributed by atoms with van der Waals surface area (Å²) in [6.07, 6.45) is 1.51. The number of amides is 1. The monoisotopic (exact) mass is 542 g/mol. The average Bonchev–Trinajstić information content (AvgIpc) is 3.35. The molecule has 0 aliphatic heterocycles. The van der Waals surface area contributed by atoms with Gasteiger partial charge in [-0.3, -0.25) is 4.79 Å². The zero-order valence-corrected chi connectivity index (χ0v) is 22.1. The van der Waals surface area contributed by atoms with E-state index < -0.39 is 12.0 Å². The van der Waals surface area contributed by atoms with Crippen molar-refractivity contribution in [2.24, 2.45) is 11.7 Å². The number of benzene rings is 3. The molecule has 1 amide bonds. The topological polar surface area (TPSA) is 122 Å². The Labute approximate surface area is 230 Å². The Morgan fingerprint density at radius 1 is 1.07 bits per heavy atom. The molecule has 40 heavy (non-hydrogen) atoms. The van der Waals surface area contributed by atoms with Gasteiger partial charge in [-0.1, -0.05) is 37.3 Å². The van der Waals surface area contributed by atoms with Crippen LogP contribution in [0.5, 0.6) is 17.4 Å². The maximum atomic E-state index is 14.4. The summed E-state index contributed by atoms with van der Waals surface area (Å²) in [4.78, 5) is 18.4. The molecule has 0 fully saturated rings. The van der Waals surface area contributed by atoms with Crippen molar-refractivity contribution >= 4 is 27.7 Å². The summed E-state index contributed by atoms with van der Waals surface area (Å²) in [5.41, 5.74) is 7.94. The van der Waals surface area contributed by atoms with E-state index in [1.54, 1.807) is 18.2 Å². The van der Waals surface area contributed by atoms with E-state index in [1.807, 2.05) is 48.5 Å². The number of nitrogens with zero attached hydrogens (tertiary/aromatic N) is 1. The largest absolute Gasteiger partial charge is 0.490 e. The second-order valence-electron chi connectivity index (χ2n) is 9.89. The van der Waals surface area contributed by atoms with Gasteiger partial charge in [0.2, 0.25) is 11.8 Å². The number of ether oxygens (including phenoxy) is 2. The van der Waals surface area contributed by atoms with Gasteiger partial charge in [-0.15, -0.1) is 0 Å². The summed E-state index contributed by atoms with van der Waals surface area (Å²) in [7, 11) is 0. The molecular formula is C31H31FN4O4. The predicted molar refractivity (Wildman–Crippen MR) is 152 cm³/mol. The van der Waals surface area contributed by atoms with E-state index in [0.29, 0.717) is 52.9 Å². The molecule has 0 aliphatic carbocycles. The Morgan fingerprint density at radius 3 is 2.62 bits per heavy atom. The van der Waals surface area contributed by atoms with Crippen LogP contribution >= 0.6 is 0 Å². The maximum Gasteiger partial charge on any atom is 0.250 e. The number of aromatic nitrogens is 2. The van der Waals surface area contributed by atoms with Crippen molar-refractivity contribution in [1.29, 1.82) is 0 Å². The highest BCUT2D eigenvalue weighted by Crippen LogP contribution is 2.34. The van der Waals surface area contributed by atoms with E-state index in [4.69, 9.17) is 15.2 Å². The number of carbonyl (C=O) groups is 1. The first-order chi connectivity index (χ1) is 19.4. The normalized spacial score (nSPS) is 12.9. The van der Waals surface area contributed by atoms with Crippen LogP contribution in [0.1, 0.15) is 22.8 Å². The van der Waals surface area contributed by atoms with Gasteiger partial charge < -0.3 is 30.6 Å². The van der Waals surface area contributed by atoms with Crippen LogP contribution in [0.3, 0.4) is 0 Å². The number of aromatic amines is 1. The number of H-pyrrole nitrogens is 1. The van der Waals surface area contributed by atoms with Gasteiger partial charge in [0.25, 0.3) is 0 Å². The molecule has 0 saturated carbocycles. The number of aliphatic hydroxyl groups excluding tert-OH is 1. The standard InChI is InChI=1S/C31H31FN4O4/c1-19(14-20-6-9-23(10-7-20)40-28-13-8-21(16-35-28)31(33)38)15-34-17-22(37)18-39-27-12-11-25(32)30-29(27)24-4-2-3-5-26(24)36-30/h2-13,16,19,22,34,36-37H,14-15,17-18H2,1H3,(H2,33,38). The van der Waals surface area contributed by atoms with Crippen molar-refractivity contribution in [2.45, 2.75) is 19.4 Å². The average molecular weight is 543 g/mol. The number of fused-ring (bicyclic) bond motifs is 3. The summed E-state index contributed by atoms with van der Waals surface area (Å²) in [6.45, 7) is 3.31. The lowest BCUT2D eigenvalue weighted by atomic mass is 10.0. The molecule has 2 unspecified atom stereocenters. The number of carbonyl (C=O) groups excluding carboxylic acids is 1. The van der Waals surface area contributed by atoms with Crippen molar-refractivity contribution in [3.63, 3.8) is 0 Å². The highest BCUT2D eigenvalue weighted by molar-refractivity contribution is 6.10. The summed E-state index contributed by atoms with van der Waals surface area (Å²) in [6, 6.07) is 21.5. The Hall–Kier alpha value is -4.47. The minimum atomic E-state index is -0.723. The number of hydrogen-bond acceptors (Lipinski definition) is 6. The van der Waals surface area contributed by atoms with Crippen molar-refractivity contribution in [3.05, 3.63) is 95.9 Å². The molecule has 5 aromatic rings. The molecule has 0 radical (unpaired) electrons. The molecule has 206 valence electrons. The lowest BCUT2D eigenvalue weighted by Gasteiger charge is -2.17. The van der Waals surface area contributed by atoms with Crippen molar-refractivity contribution in [2.75, 3.05) is 19.7 Å². The first kappa shape index (κ1) is 27.1. The SMILES string of the molecule is CC(CNCC(O)COc1ccc(F)c2[nH]c3ccccc3c12)Cc1ccc(Oc2ccc(C(N)=O)cn2)cc1. The molecule has 2 heterocycles. The zero-order chi connectivity index (χ0) is 28.1. The van der Waals surface area contributed by atoms with Gasteiger partial charge >= 0.3 is 0 Å². The van der Waals surface area contributed by atoms with Gasteiger partial charge in [-0.05, 0) is 60.8 Å². The number of nitrogens with one attached hydrogen (secondary N) is 2. The van der Waals surface area contributed by atoms with Gasteiger partial charge in [0.15, 0.2) is 0 Å². The Balaban J connectivity index is 1.07. The third kappa shape index (κ3) is 6.39. The third-order valence-electron chi connectivity index (χ3n) is 6.63. The van der Waals surface area contributed by atoms with Crippen molar-refractivity contribution < 1.29 is 23.8 Å². The lowest BCUT2D eigenvalue weighted by Crippen LogP contribution is -2.34. The van der Waals surface area contributed by atoms with Crippen LogP contribution in [-0.2, 0) is 6.42 Å². The first-order valence-corrected chi connectivity index (χ1v) is 13.1. The molecule has 5 rings (SSSR count). The van der Waals surface area contributed by atoms with Crippen LogP contribution in [0.25, 0.3) is 21.8 Å². The molecular weight excluding hydrogens is 511 g/mol. The van der Waals surface area contributed by atoms with Crippen LogP contribution in [0.2, 0.25) is 0 Å². The number of pyridine rings is 1. The smallest absolute Gasteiger partial charge is 0.250 e. The molecule has 0 aliphatic rings. The number of para-hydroxylation sites is 1. The van der Waals surface area contributed by atoms with E-state index in [-0.39, 0.29) is 12.4 Å².